The van der Waals surface area contributed by atoms with Gasteiger partial charge in [-0.2, -0.15) is 0 Å². The van der Waals surface area contributed by atoms with Crippen LogP contribution in [-0.4, -0.2) is 23.0 Å². The quantitative estimate of drug-likeness (QED) is 0.864. The maximum absolute atomic E-state index is 2.79. The van der Waals surface area contributed by atoms with Crippen molar-refractivity contribution in [1.82, 2.24) is 11.1 Å². The highest BCUT2D eigenvalue weighted by Crippen LogP contribution is 2.49. The number of piperidine rings is 1. The fraction of sp³-hybridized carbons (Fsp3) is 0.647. The van der Waals surface area contributed by atoms with Crippen molar-refractivity contribution in [2.45, 2.75) is 57.5 Å². The molecular formula is C17H28N2. The Kier molecular flexibility index (Phi) is 4.03. The van der Waals surface area contributed by atoms with E-state index < -0.39 is 0 Å². The molecule has 3 rings (SSSR count). The summed E-state index contributed by atoms with van der Waals surface area (Å²) in [6.45, 7) is 8.60. The number of hydrogen-bond acceptors (Lipinski definition) is 2. The van der Waals surface area contributed by atoms with E-state index >= 15 is 0 Å². The maximum atomic E-state index is 2.79. The van der Waals surface area contributed by atoms with E-state index in [4.69, 9.17) is 0 Å². The third-order valence-electron chi connectivity index (χ3n) is 5.37. The standard InChI is InChI=1S/C17H25N.H3N/c1-13-8-7-11-18(17(13,2)3)16-12-15(16)14-9-5-4-6-10-14;/h4-6,9-10,13,15-16H,7-8,11-12H2,1-3H3;1H3. The molecule has 0 aromatic heterocycles. The number of hydrogen-bond donors (Lipinski definition) is 1. The smallest absolute Gasteiger partial charge is 0.0181 e. The molecule has 1 aromatic carbocycles. The Balaban J connectivity index is 0.00000133. The van der Waals surface area contributed by atoms with Crippen molar-refractivity contribution in [3.8, 4) is 0 Å². The van der Waals surface area contributed by atoms with Crippen LogP contribution in [0.25, 0.3) is 0 Å². The molecule has 3 N–H and O–H groups in total. The molecule has 106 valence electrons. The van der Waals surface area contributed by atoms with Gasteiger partial charge < -0.3 is 6.15 Å². The number of rotatable bonds is 2. The second-order valence-corrected chi connectivity index (χ2v) is 6.71. The van der Waals surface area contributed by atoms with E-state index in [2.05, 4.69) is 56.0 Å². The highest BCUT2D eigenvalue weighted by atomic mass is 15.3. The predicted octanol–water partition coefficient (Wildman–Crippen LogP) is 4.22. The Morgan fingerprint density at radius 2 is 1.84 bits per heavy atom. The molecule has 0 radical (unpaired) electrons. The van der Waals surface area contributed by atoms with Crippen LogP contribution in [0.15, 0.2) is 30.3 Å². The van der Waals surface area contributed by atoms with E-state index in [0.29, 0.717) is 5.54 Å². The average Bonchev–Trinajstić information content (AvgIpc) is 3.14. The van der Waals surface area contributed by atoms with E-state index in [1.807, 2.05) is 0 Å². The second kappa shape index (κ2) is 5.26. The highest BCUT2D eigenvalue weighted by molar-refractivity contribution is 5.28. The summed E-state index contributed by atoms with van der Waals surface area (Å²) in [5, 5.41) is 0. The minimum absolute atomic E-state index is 0. The third kappa shape index (κ3) is 2.56. The lowest BCUT2D eigenvalue weighted by Gasteiger charge is -2.47. The zero-order chi connectivity index (χ0) is 12.8. The van der Waals surface area contributed by atoms with Crippen LogP contribution < -0.4 is 6.15 Å². The molecule has 2 aliphatic rings. The summed E-state index contributed by atoms with van der Waals surface area (Å²) in [6.07, 6.45) is 4.13. The molecule has 1 saturated carbocycles. The molecule has 0 bridgehead atoms. The lowest BCUT2D eigenvalue weighted by atomic mass is 9.80. The van der Waals surface area contributed by atoms with Crippen LogP contribution in [0.1, 0.15) is 51.5 Å². The first kappa shape index (κ1) is 14.5. The molecule has 1 aliphatic heterocycles. The molecule has 1 aromatic rings. The molecule has 3 unspecified atom stereocenters. The molecule has 2 fully saturated rings. The summed E-state index contributed by atoms with van der Waals surface area (Å²) in [4.78, 5) is 2.79. The average molecular weight is 260 g/mol. The predicted molar refractivity (Wildman–Crippen MR) is 81.8 cm³/mol. The minimum Gasteiger partial charge on any atom is -0.344 e. The number of benzene rings is 1. The Hall–Kier alpha value is -0.860. The van der Waals surface area contributed by atoms with Gasteiger partial charge >= 0.3 is 0 Å². The van der Waals surface area contributed by atoms with Crippen molar-refractivity contribution in [2.75, 3.05) is 6.54 Å². The topological polar surface area (TPSA) is 38.2 Å². The van der Waals surface area contributed by atoms with Crippen LogP contribution in [0.4, 0.5) is 0 Å². The van der Waals surface area contributed by atoms with Gasteiger partial charge in [0.2, 0.25) is 0 Å². The van der Waals surface area contributed by atoms with Crippen molar-refractivity contribution in [2.24, 2.45) is 5.92 Å². The van der Waals surface area contributed by atoms with Gasteiger partial charge in [-0.3, -0.25) is 4.90 Å². The maximum Gasteiger partial charge on any atom is 0.0181 e. The van der Waals surface area contributed by atoms with Crippen LogP contribution in [0.5, 0.6) is 0 Å². The van der Waals surface area contributed by atoms with Gasteiger partial charge in [0.15, 0.2) is 0 Å². The van der Waals surface area contributed by atoms with E-state index in [1.165, 1.54) is 31.4 Å². The molecule has 3 atom stereocenters. The largest absolute Gasteiger partial charge is 0.344 e. The molecule has 1 heterocycles. The lowest BCUT2D eigenvalue weighted by Crippen LogP contribution is -2.53. The summed E-state index contributed by atoms with van der Waals surface area (Å²) < 4.78 is 0. The van der Waals surface area contributed by atoms with E-state index in [1.54, 1.807) is 0 Å². The van der Waals surface area contributed by atoms with Gasteiger partial charge in [0.1, 0.15) is 0 Å². The molecule has 0 amide bonds. The first-order valence-corrected chi connectivity index (χ1v) is 7.42. The monoisotopic (exact) mass is 260 g/mol. The lowest BCUT2D eigenvalue weighted by molar-refractivity contribution is 0.0213. The summed E-state index contributed by atoms with van der Waals surface area (Å²) in [7, 11) is 0. The van der Waals surface area contributed by atoms with Gasteiger partial charge in [-0.05, 0) is 51.1 Å². The Bertz CT molecular complexity index is 413. The van der Waals surface area contributed by atoms with Gasteiger partial charge in [-0.15, -0.1) is 0 Å². The molecule has 2 nitrogen and oxygen atoms in total. The van der Waals surface area contributed by atoms with Gasteiger partial charge in [0, 0.05) is 17.5 Å². The van der Waals surface area contributed by atoms with Gasteiger partial charge in [0.25, 0.3) is 0 Å². The van der Waals surface area contributed by atoms with E-state index in [-0.39, 0.29) is 6.15 Å². The molecule has 1 saturated heterocycles. The summed E-state index contributed by atoms with van der Waals surface area (Å²) in [6, 6.07) is 11.9. The van der Waals surface area contributed by atoms with Crippen LogP contribution >= 0.6 is 0 Å². The van der Waals surface area contributed by atoms with Crippen molar-refractivity contribution in [1.29, 1.82) is 0 Å². The zero-order valence-corrected chi connectivity index (χ0v) is 12.6. The van der Waals surface area contributed by atoms with Gasteiger partial charge in [-0.25, -0.2) is 0 Å². The third-order valence-corrected chi connectivity index (χ3v) is 5.37. The zero-order valence-electron chi connectivity index (χ0n) is 12.6. The number of likely N-dealkylation sites (tertiary alicyclic amines) is 1. The minimum atomic E-state index is 0. The molecule has 0 spiro atoms. The Labute approximate surface area is 117 Å². The van der Waals surface area contributed by atoms with E-state index in [0.717, 1.165) is 17.9 Å². The second-order valence-electron chi connectivity index (χ2n) is 6.71. The van der Waals surface area contributed by atoms with Crippen LogP contribution in [0.3, 0.4) is 0 Å². The van der Waals surface area contributed by atoms with Gasteiger partial charge in [0.05, 0.1) is 0 Å². The summed E-state index contributed by atoms with van der Waals surface area (Å²) >= 11 is 0. The number of nitrogens with zero attached hydrogens (tertiary/aromatic N) is 1. The van der Waals surface area contributed by atoms with Crippen molar-refractivity contribution < 1.29 is 0 Å². The fourth-order valence-corrected chi connectivity index (χ4v) is 3.67. The van der Waals surface area contributed by atoms with Crippen LogP contribution in [0, 0.1) is 5.92 Å². The van der Waals surface area contributed by atoms with Gasteiger partial charge in [-0.1, -0.05) is 37.3 Å². The molecule has 1 aliphatic carbocycles. The summed E-state index contributed by atoms with van der Waals surface area (Å²) in [5.74, 6) is 1.61. The fourth-order valence-electron chi connectivity index (χ4n) is 3.67. The molecular weight excluding hydrogens is 232 g/mol. The Morgan fingerprint density at radius 3 is 2.53 bits per heavy atom. The summed E-state index contributed by atoms with van der Waals surface area (Å²) in [5.41, 5.74) is 1.92. The normalized spacial score (nSPS) is 33.5. The molecule has 19 heavy (non-hydrogen) atoms. The highest BCUT2D eigenvalue weighted by Gasteiger charge is 2.49. The van der Waals surface area contributed by atoms with Crippen molar-refractivity contribution >= 4 is 0 Å². The van der Waals surface area contributed by atoms with Crippen molar-refractivity contribution in [3.63, 3.8) is 0 Å². The Morgan fingerprint density at radius 1 is 1.16 bits per heavy atom. The first-order chi connectivity index (χ1) is 8.60. The first-order valence-electron chi connectivity index (χ1n) is 7.42. The SMILES string of the molecule is CC1CCCN(C2CC2c2ccccc2)C1(C)C.N. The van der Waals surface area contributed by atoms with E-state index in [9.17, 15) is 0 Å². The van der Waals surface area contributed by atoms with Crippen LogP contribution in [0.2, 0.25) is 0 Å². The molecule has 2 heteroatoms. The van der Waals surface area contributed by atoms with Crippen LogP contribution in [-0.2, 0) is 0 Å². The van der Waals surface area contributed by atoms with Crippen molar-refractivity contribution in [3.05, 3.63) is 35.9 Å².